The van der Waals surface area contributed by atoms with Gasteiger partial charge in [0.15, 0.2) is 6.10 Å². The van der Waals surface area contributed by atoms with Crippen molar-refractivity contribution < 1.29 is 24.1 Å². The molecule has 100 valence electrons. The highest BCUT2D eigenvalue weighted by Gasteiger charge is 2.23. The molecular formula is C13H18O5. The molecule has 18 heavy (non-hydrogen) atoms. The number of esters is 1. The van der Waals surface area contributed by atoms with Gasteiger partial charge in [-0.3, -0.25) is 0 Å². The lowest BCUT2D eigenvalue weighted by atomic mass is 10.0. The number of hydrogen-bond acceptors (Lipinski definition) is 5. The first-order valence-electron chi connectivity index (χ1n) is 5.62. The summed E-state index contributed by atoms with van der Waals surface area (Å²) in [7, 11) is 3.00. The third kappa shape index (κ3) is 2.92. The molecule has 0 amide bonds. The summed E-state index contributed by atoms with van der Waals surface area (Å²) in [5.74, 6) is 0.296. The van der Waals surface area contributed by atoms with Gasteiger partial charge in [-0.25, -0.2) is 4.79 Å². The Morgan fingerprint density at radius 3 is 2.39 bits per heavy atom. The third-order valence-electron chi connectivity index (χ3n) is 2.55. The van der Waals surface area contributed by atoms with Crippen LogP contribution in [0.25, 0.3) is 0 Å². The minimum Gasteiger partial charge on any atom is -0.496 e. The Bertz CT molecular complexity index is 428. The molecule has 0 saturated heterocycles. The maximum absolute atomic E-state index is 11.5. The number of ether oxygens (including phenoxy) is 3. The summed E-state index contributed by atoms with van der Waals surface area (Å²) in [6.45, 7) is 3.74. The first kappa shape index (κ1) is 14.3. The highest BCUT2D eigenvalue weighted by atomic mass is 16.5. The first-order chi connectivity index (χ1) is 8.54. The number of methoxy groups -OCH3 is 2. The number of carbonyl (C=O) groups is 1. The van der Waals surface area contributed by atoms with E-state index < -0.39 is 12.1 Å². The maximum Gasteiger partial charge on any atom is 0.339 e. The summed E-state index contributed by atoms with van der Waals surface area (Å²) in [6.07, 6.45) is -1.38. The molecule has 1 N–H and O–H groups in total. The van der Waals surface area contributed by atoms with Crippen LogP contribution >= 0.6 is 0 Å². The summed E-state index contributed by atoms with van der Waals surface area (Å²) in [6, 6.07) is 3.28. The fourth-order valence-corrected chi connectivity index (χ4v) is 1.64. The Hall–Kier alpha value is -1.75. The van der Waals surface area contributed by atoms with Crippen molar-refractivity contribution in [3.63, 3.8) is 0 Å². The van der Waals surface area contributed by atoms with Crippen LogP contribution in [0.5, 0.6) is 11.5 Å². The molecule has 0 aliphatic rings. The van der Waals surface area contributed by atoms with Gasteiger partial charge in [0.25, 0.3) is 0 Å². The number of benzene rings is 1. The van der Waals surface area contributed by atoms with Crippen molar-refractivity contribution >= 4 is 5.97 Å². The molecule has 0 heterocycles. The van der Waals surface area contributed by atoms with E-state index in [1.54, 1.807) is 19.1 Å². The highest BCUT2D eigenvalue weighted by molar-refractivity contribution is 5.77. The van der Waals surface area contributed by atoms with Crippen molar-refractivity contribution in [2.24, 2.45) is 0 Å². The predicted molar refractivity (Wildman–Crippen MR) is 65.9 cm³/mol. The van der Waals surface area contributed by atoms with Crippen molar-refractivity contribution in [3.05, 3.63) is 23.3 Å². The summed E-state index contributed by atoms with van der Waals surface area (Å²) < 4.78 is 15.1. The van der Waals surface area contributed by atoms with Crippen LogP contribution in [0.2, 0.25) is 0 Å². The molecule has 1 unspecified atom stereocenters. The molecule has 0 aliphatic heterocycles. The lowest BCUT2D eigenvalue weighted by molar-refractivity contribution is -0.153. The van der Waals surface area contributed by atoms with Crippen LogP contribution in [0.3, 0.4) is 0 Å². The van der Waals surface area contributed by atoms with Gasteiger partial charge in [-0.05, 0) is 31.5 Å². The Labute approximate surface area is 106 Å². The Kier molecular flexibility index (Phi) is 4.97. The van der Waals surface area contributed by atoms with Gasteiger partial charge in [0, 0.05) is 5.56 Å². The molecule has 0 bridgehead atoms. The van der Waals surface area contributed by atoms with E-state index in [2.05, 4.69) is 0 Å². The van der Waals surface area contributed by atoms with Crippen molar-refractivity contribution in [2.75, 3.05) is 20.8 Å². The fraction of sp³-hybridized carbons (Fsp3) is 0.462. The van der Waals surface area contributed by atoms with Gasteiger partial charge in [0.05, 0.1) is 20.8 Å². The SMILES string of the molecule is CCOC(=O)C(O)c1cc(OC)c(C)cc1OC. The second-order valence-electron chi connectivity index (χ2n) is 3.72. The molecule has 0 saturated carbocycles. The second-order valence-corrected chi connectivity index (χ2v) is 3.72. The predicted octanol–water partition coefficient (Wildman–Crippen LogP) is 1.61. The molecule has 1 atom stereocenters. The molecule has 0 fully saturated rings. The zero-order valence-corrected chi connectivity index (χ0v) is 11.0. The summed E-state index contributed by atoms with van der Waals surface area (Å²) in [4.78, 5) is 11.5. The molecule has 5 heteroatoms. The Balaban J connectivity index is 3.16. The van der Waals surface area contributed by atoms with Crippen LogP contribution in [0.1, 0.15) is 24.2 Å². The zero-order valence-electron chi connectivity index (χ0n) is 11.0. The Morgan fingerprint density at radius 2 is 1.89 bits per heavy atom. The smallest absolute Gasteiger partial charge is 0.339 e. The molecule has 1 rings (SSSR count). The fourth-order valence-electron chi connectivity index (χ4n) is 1.64. The van der Waals surface area contributed by atoms with Gasteiger partial charge in [0.1, 0.15) is 11.5 Å². The third-order valence-corrected chi connectivity index (χ3v) is 2.55. The molecule has 0 aliphatic carbocycles. The standard InChI is InChI=1S/C13H18O5/c1-5-18-13(15)12(14)9-7-10(16-3)8(2)6-11(9)17-4/h6-7,12,14H,5H2,1-4H3. The summed E-state index contributed by atoms with van der Waals surface area (Å²) in [5, 5.41) is 9.93. The topological polar surface area (TPSA) is 65.0 Å². The number of hydrogen-bond donors (Lipinski definition) is 1. The average Bonchev–Trinajstić information content (AvgIpc) is 2.37. The monoisotopic (exact) mass is 254 g/mol. The van der Waals surface area contributed by atoms with Gasteiger partial charge in [-0.2, -0.15) is 0 Å². The lowest BCUT2D eigenvalue weighted by Crippen LogP contribution is -2.16. The molecule has 1 aromatic carbocycles. The van der Waals surface area contributed by atoms with Crippen molar-refractivity contribution in [1.29, 1.82) is 0 Å². The van der Waals surface area contributed by atoms with E-state index in [1.807, 2.05) is 6.92 Å². The van der Waals surface area contributed by atoms with Crippen molar-refractivity contribution in [1.82, 2.24) is 0 Å². The molecule has 0 radical (unpaired) electrons. The number of aryl methyl sites for hydroxylation is 1. The van der Waals surface area contributed by atoms with Crippen LogP contribution in [0.15, 0.2) is 12.1 Å². The largest absolute Gasteiger partial charge is 0.496 e. The van der Waals surface area contributed by atoms with Crippen molar-refractivity contribution in [2.45, 2.75) is 20.0 Å². The minimum atomic E-state index is -1.38. The van der Waals surface area contributed by atoms with Crippen LogP contribution in [-0.2, 0) is 9.53 Å². The van der Waals surface area contributed by atoms with Crippen LogP contribution < -0.4 is 9.47 Å². The second kappa shape index (κ2) is 6.26. The van der Waals surface area contributed by atoms with E-state index in [0.717, 1.165) is 5.56 Å². The average molecular weight is 254 g/mol. The quantitative estimate of drug-likeness (QED) is 0.809. The van der Waals surface area contributed by atoms with Gasteiger partial charge < -0.3 is 19.3 Å². The number of aliphatic hydroxyl groups is 1. The minimum absolute atomic E-state index is 0.210. The summed E-state index contributed by atoms with van der Waals surface area (Å²) >= 11 is 0. The highest BCUT2D eigenvalue weighted by Crippen LogP contribution is 2.32. The number of aliphatic hydroxyl groups excluding tert-OH is 1. The van der Waals surface area contributed by atoms with E-state index in [9.17, 15) is 9.90 Å². The Morgan fingerprint density at radius 1 is 1.28 bits per heavy atom. The van der Waals surface area contributed by atoms with Crippen LogP contribution in [0, 0.1) is 6.92 Å². The molecule has 0 aromatic heterocycles. The first-order valence-corrected chi connectivity index (χ1v) is 5.62. The normalized spacial score (nSPS) is 11.8. The summed E-state index contributed by atoms with van der Waals surface area (Å²) in [5.41, 5.74) is 1.19. The van der Waals surface area contributed by atoms with E-state index in [1.165, 1.54) is 14.2 Å². The van der Waals surface area contributed by atoms with Crippen LogP contribution in [0.4, 0.5) is 0 Å². The van der Waals surface area contributed by atoms with Crippen molar-refractivity contribution in [3.8, 4) is 11.5 Å². The molecule has 0 spiro atoms. The zero-order chi connectivity index (χ0) is 13.7. The van der Waals surface area contributed by atoms with Gasteiger partial charge in [-0.15, -0.1) is 0 Å². The molecule has 1 aromatic rings. The van der Waals surface area contributed by atoms with Gasteiger partial charge in [0.2, 0.25) is 0 Å². The van der Waals surface area contributed by atoms with Crippen LogP contribution in [-0.4, -0.2) is 31.9 Å². The van der Waals surface area contributed by atoms with E-state index in [4.69, 9.17) is 14.2 Å². The number of rotatable bonds is 5. The van der Waals surface area contributed by atoms with E-state index in [0.29, 0.717) is 17.1 Å². The molecular weight excluding hydrogens is 236 g/mol. The van der Waals surface area contributed by atoms with Gasteiger partial charge >= 0.3 is 5.97 Å². The lowest BCUT2D eigenvalue weighted by Gasteiger charge is -2.16. The maximum atomic E-state index is 11.5. The number of carbonyl (C=O) groups excluding carboxylic acids is 1. The van der Waals surface area contributed by atoms with E-state index >= 15 is 0 Å². The van der Waals surface area contributed by atoms with E-state index in [-0.39, 0.29) is 6.61 Å². The van der Waals surface area contributed by atoms with Gasteiger partial charge in [-0.1, -0.05) is 0 Å². The molecule has 5 nitrogen and oxygen atoms in total.